The van der Waals surface area contributed by atoms with Gasteiger partial charge < -0.3 is 4.57 Å². The Balaban J connectivity index is 1.37. The molecule has 0 N–H and O–H groups in total. The van der Waals surface area contributed by atoms with E-state index in [2.05, 4.69) is 38.5 Å². The van der Waals surface area contributed by atoms with Gasteiger partial charge in [0, 0.05) is 57.6 Å². The van der Waals surface area contributed by atoms with Crippen LogP contribution in [0, 0.1) is 0 Å². The van der Waals surface area contributed by atoms with Crippen molar-refractivity contribution in [1.29, 1.82) is 0 Å². The van der Waals surface area contributed by atoms with E-state index in [0.717, 1.165) is 66.7 Å². The molecule has 1 fully saturated rings. The molecule has 4 rings (SSSR count). The zero-order valence-electron chi connectivity index (χ0n) is 14.4. The predicted octanol–water partition coefficient (Wildman–Crippen LogP) is 2.94. The highest BCUT2D eigenvalue weighted by atomic mass is 35.5. The third kappa shape index (κ3) is 3.68. The molecule has 130 valence electrons. The fourth-order valence-corrected chi connectivity index (χ4v) is 3.55. The summed E-state index contributed by atoms with van der Waals surface area (Å²) in [5.74, 6) is 1.12. The number of hydrogen-bond donors (Lipinski definition) is 0. The lowest BCUT2D eigenvalue weighted by Gasteiger charge is -2.34. The first-order valence-corrected chi connectivity index (χ1v) is 9.02. The molecule has 3 aromatic rings. The van der Waals surface area contributed by atoms with Crippen LogP contribution in [0.5, 0.6) is 0 Å². The second-order valence-corrected chi connectivity index (χ2v) is 7.03. The number of halogens is 1. The number of para-hydroxylation sites is 1. The maximum atomic E-state index is 6.28. The van der Waals surface area contributed by atoms with Crippen LogP contribution in [0.4, 0.5) is 0 Å². The SMILES string of the molecule is Cn1ccnc1CN1CCN(Cc2ccc3cccc(Cl)c3n2)CC1. The van der Waals surface area contributed by atoms with E-state index in [-0.39, 0.29) is 0 Å². The van der Waals surface area contributed by atoms with Gasteiger partial charge in [0.15, 0.2) is 0 Å². The van der Waals surface area contributed by atoms with Crippen molar-refractivity contribution in [3.05, 3.63) is 59.3 Å². The zero-order chi connectivity index (χ0) is 17.2. The van der Waals surface area contributed by atoms with Crippen LogP contribution in [-0.4, -0.2) is 50.5 Å². The zero-order valence-corrected chi connectivity index (χ0v) is 15.2. The number of aryl methyl sites for hydroxylation is 1. The lowest BCUT2D eigenvalue weighted by Crippen LogP contribution is -2.45. The largest absolute Gasteiger partial charge is 0.337 e. The number of piperazine rings is 1. The number of pyridine rings is 1. The number of rotatable bonds is 4. The summed E-state index contributed by atoms with van der Waals surface area (Å²) >= 11 is 6.28. The third-order valence-electron chi connectivity index (χ3n) is 4.87. The van der Waals surface area contributed by atoms with Crippen molar-refractivity contribution in [1.82, 2.24) is 24.3 Å². The lowest BCUT2D eigenvalue weighted by atomic mass is 10.2. The summed E-state index contributed by atoms with van der Waals surface area (Å²) in [6, 6.07) is 10.1. The maximum absolute atomic E-state index is 6.28. The van der Waals surface area contributed by atoms with E-state index in [1.165, 1.54) is 0 Å². The van der Waals surface area contributed by atoms with Crippen molar-refractivity contribution in [3.8, 4) is 0 Å². The van der Waals surface area contributed by atoms with Crippen LogP contribution < -0.4 is 0 Å². The molecule has 1 aromatic carbocycles. The molecule has 0 atom stereocenters. The Hall–Kier alpha value is -1.95. The van der Waals surface area contributed by atoms with Crippen molar-refractivity contribution in [2.24, 2.45) is 7.05 Å². The highest BCUT2D eigenvalue weighted by molar-refractivity contribution is 6.35. The molecule has 0 radical (unpaired) electrons. The van der Waals surface area contributed by atoms with E-state index in [4.69, 9.17) is 16.6 Å². The van der Waals surface area contributed by atoms with E-state index in [0.29, 0.717) is 0 Å². The molecule has 5 nitrogen and oxygen atoms in total. The molecule has 1 aliphatic heterocycles. The average molecular weight is 356 g/mol. The minimum absolute atomic E-state index is 0.722. The van der Waals surface area contributed by atoms with E-state index < -0.39 is 0 Å². The summed E-state index contributed by atoms with van der Waals surface area (Å²) in [4.78, 5) is 14.1. The van der Waals surface area contributed by atoms with E-state index in [1.807, 2.05) is 30.6 Å². The first-order valence-electron chi connectivity index (χ1n) is 8.64. The molecular weight excluding hydrogens is 334 g/mol. The summed E-state index contributed by atoms with van der Waals surface area (Å²) < 4.78 is 2.09. The Labute approximate surface area is 152 Å². The smallest absolute Gasteiger partial charge is 0.122 e. The summed E-state index contributed by atoms with van der Waals surface area (Å²) in [7, 11) is 2.05. The molecule has 0 spiro atoms. The van der Waals surface area contributed by atoms with Crippen LogP contribution in [0.15, 0.2) is 42.7 Å². The van der Waals surface area contributed by atoms with Gasteiger partial charge in [-0.3, -0.25) is 9.80 Å². The average Bonchev–Trinajstić information content (AvgIpc) is 3.02. The minimum atomic E-state index is 0.722. The van der Waals surface area contributed by atoms with Crippen molar-refractivity contribution in [3.63, 3.8) is 0 Å². The van der Waals surface area contributed by atoms with Crippen LogP contribution in [0.2, 0.25) is 5.02 Å². The normalized spacial score (nSPS) is 16.6. The molecule has 0 aliphatic carbocycles. The minimum Gasteiger partial charge on any atom is -0.337 e. The molecule has 0 unspecified atom stereocenters. The first kappa shape index (κ1) is 16.5. The number of nitrogens with zero attached hydrogens (tertiary/aromatic N) is 5. The quantitative estimate of drug-likeness (QED) is 0.721. The molecule has 3 heterocycles. The molecule has 25 heavy (non-hydrogen) atoms. The fraction of sp³-hybridized carbons (Fsp3) is 0.368. The first-order chi connectivity index (χ1) is 12.2. The van der Waals surface area contributed by atoms with Gasteiger partial charge in [-0.05, 0) is 12.1 Å². The van der Waals surface area contributed by atoms with Gasteiger partial charge in [-0.1, -0.05) is 29.8 Å². The fourth-order valence-electron chi connectivity index (χ4n) is 3.32. The number of imidazole rings is 1. The van der Waals surface area contributed by atoms with Gasteiger partial charge in [0.05, 0.1) is 22.8 Å². The summed E-state index contributed by atoms with van der Waals surface area (Å²) in [6.45, 7) is 6.00. The number of aromatic nitrogens is 3. The molecule has 0 saturated carbocycles. The predicted molar refractivity (Wildman–Crippen MR) is 101 cm³/mol. The van der Waals surface area contributed by atoms with Gasteiger partial charge in [-0.25, -0.2) is 9.97 Å². The van der Waals surface area contributed by atoms with Crippen molar-refractivity contribution in [2.75, 3.05) is 26.2 Å². The molecule has 1 aliphatic rings. The second kappa shape index (κ2) is 7.12. The Morgan fingerprint density at radius 1 is 1.00 bits per heavy atom. The molecule has 6 heteroatoms. The van der Waals surface area contributed by atoms with Crippen LogP contribution in [0.25, 0.3) is 10.9 Å². The van der Waals surface area contributed by atoms with Crippen molar-refractivity contribution < 1.29 is 0 Å². The molecule has 1 saturated heterocycles. The van der Waals surface area contributed by atoms with E-state index in [1.54, 1.807) is 0 Å². The maximum Gasteiger partial charge on any atom is 0.122 e. The second-order valence-electron chi connectivity index (χ2n) is 6.62. The molecule has 0 bridgehead atoms. The van der Waals surface area contributed by atoms with Crippen molar-refractivity contribution in [2.45, 2.75) is 13.1 Å². The summed E-state index contributed by atoms with van der Waals surface area (Å²) in [6.07, 6.45) is 3.87. The topological polar surface area (TPSA) is 37.2 Å². The van der Waals surface area contributed by atoms with Gasteiger partial charge in [0.1, 0.15) is 5.82 Å². The van der Waals surface area contributed by atoms with Crippen LogP contribution in [-0.2, 0) is 20.1 Å². The summed E-state index contributed by atoms with van der Waals surface area (Å²) in [5, 5.41) is 1.82. The number of fused-ring (bicyclic) bond motifs is 1. The lowest BCUT2D eigenvalue weighted by molar-refractivity contribution is 0.118. The van der Waals surface area contributed by atoms with E-state index in [9.17, 15) is 0 Å². The van der Waals surface area contributed by atoms with Gasteiger partial charge in [0.2, 0.25) is 0 Å². The Bertz CT molecular complexity index is 867. The van der Waals surface area contributed by atoms with Gasteiger partial charge in [-0.2, -0.15) is 0 Å². The Morgan fingerprint density at radius 3 is 2.48 bits per heavy atom. The highest BCUT2D eigenvalue weighted by Gasteiger charge is 2.18. The number of benzene rings is 1. The third-order valence-corrected chi connectivity index (χ3v) is 5.17. The summed E-state index contributed by atoms with van der Waals surface area (Å²) in [5.41, 5.74) is 1.98. The van der Waals surface area contributed by atoms with Crippen LogP contribution in [0.1, 0.15) is 11.5 Å². The van der Waals surface area contributed by atoms with Crippen LogP contribution >= 0.6 is 11.6 Å². The molecule has 0 amide bonds. The van der Waals surface area contributed by atoms with Gasteiger partial charge in [-0.15, -0.1) is 0 Å². The van der Waals surface area contributed by atoms with Crippen LogP contribution in [0.3, 0.4) is 0 Å². The van der Waals surface area contributed by atoms with Crippen molar-refractivity contribution >= 4 is 22.5 Å². The molecule has 2 aromatic heterocycles. The Kier molecular flexibility index (Phi) is 4.70. The highest BCUT2D eigenvalue weighted by Crippen LogP contribution is 2.22. The van der Waals surface area contributed by atoms with E-state index >= 15 is 0 Å². The standard InChI is InChI=1S/C19H22ClN5/c1-23-8-7-21-18(23)14-25-11-9-24(10-12-25)13-16-6-5-15-3-2-4-17(20)19(15)22-16/h2-8H,9-14H2,1H3. The Morgan fingerprint density at radius 2 is 1.76 bits per heavy atom. The number of hydrogen-bond acceptors (Lipinski definition) is 4. The van der Waals surface area contributed by atoms with Gasteiger partial charge in [0.25, 0.3) is 0 Å². The monoisotopic (exact) mass is 355 g/mol. The molecular formula is C19H22ClN5. The van der Waals surface area contributed by atoms with Gasteiger partial charge >= 0.3 is 0 Å².